The molecule has 2 aromatic rings. The lowest BCUT2D eigenvalue weighted by molar-refractivity contribution is -0.122. The highest BCUT2D eigenvalue weighted by atomic mass is 32.2. The highest BCUT2D eigenvalue weighted by Gasteiger charge is 2.31. The maximum atomic E-state index is 12.8. The lowest BCUT2D eigenvalue weighted by atomic mass is 10.2. The summed E-state index contributed by atoms with van der Waals surface area (Å²) in [7, 11) is -2.28. The molecule has 0 spiro atoms. The number of nitrogens with zero attached hydrogens (tertiary/aromatic N) is 1. The highest BCUT2D eigenvalue weighted by Crippen LogP contribution is 2.32. The summed E-state index contributed by atoms with van der Waals surface area (Å²) in [6.07, 6.45) is 1.07. The molecule has 1 amide bonds. The number of amides is 1. The van der Waals surface area contributed by atoms with E-state index in [-0.39, 0.29) is 12.6 Å². The summed E-state index contributed by atoms with van der Waals surface area (Å²) in [5.74, 6) is 0.655. The standard InChI is InChI=1S/C22H30N2O5S/c1-15-7-10-19(11-8-15)29-14-17(3)23-22(25)18(4)24(30(6,26)27)20-13-16(2)9-12-21(20)28-5/h7-13,17-18H,14H2,1-6H3,(H,23,25)/t17-,18+/m0/s1. The second-order valence-electron chi connectivity index (χ2n) is 7.44. The molecule has 7 nitrogen and oxygen atoms in total. The average molecular weight is 435 g/mol. The van der Waals surface area contributed by atoms with E-state index < -0.39 is 22.0 Å². The Morgan fingerprint density at radius 1 is 1.07 bits per heavy atom. The number of methoxy groups -OCH3 is 1. The third-order valence-corrected chi connectivity index (χ3v) is 5.80. The van der Waals surface area contributed by atoms with Crippen LogP contribution in [0, 0.1) is 13.8 Å². The van der Waals surface area contributed by atoms with E-state index in [1.807, 2.05) is 44.2 Å². The van der Waals surface area contributed by atoms with Gasteiger partial charge in [0.15, 0.2) is 0 Å². The molecule has 0 radical (unpaired) electrons. The van der Waals surface area contributed by atoms with Gasteiger partial charge < -0.3 is 14.8 Å². The van der Waals surface area contributed by atoms with Gasteiger partial charge in [0.2, 0.25) is 15.9 Å². The zero-order chi connectivity index (χ0) is 22.5. The maximum absolute atomic E-state index is 12.8. The van der Waals surface area contributed by atoms with Crippen molar-refractivity contribution in [2.24, 2.45) is 0 Å². The van der Waals surface area contributed by atoms with Crippen LogP contribution in [0.2, 0.25) is 0 Å². The maximum Gasteiger partial charge on any atom is 0.243 e. The molecule has 0 aromatic heterocycles. The van der Waals surface area contributed by atoms with Crippen molar-refractivity contribution in [3.8, 4) is 11.5 Å². The molecule has 2 atom stereocenters. The molecule has 164 valence electrons. The molecule has 0 unspecified atom stereocenters. The Labute approximate surface area is 179 Å². The van der Waals surface area contributed by atoms with E-state index in [1.54, 1.807) is 26.0 Å². The van der Waals surface area contributed by atoms with Crippen LogP contribution < -0.4 is 19.1 Å². The van der Waals surface area contributed by atoms with E-state index in [2.05, 4.69) is 5.32 Å². The zero-order valence-corrected chi connectivity index (χ0v) is 19.1. The van der Waals surface area contributed by atoms with Crippen molar-refractivity contribution in [1.29, 1.82) is 0 Å². The fraction of sp³-hybridized carbons (Fsp3) is 0.409. The normalized spacial score (nSPS) is 13.3. The lowest BCUT2D eigenvalue weighted by Crippen LogP contribution is -2.51. The van der Waals surface area contributed by atoms with Crippen LogP contribution in [0.25, 0.3) is 0 Å². The molecule has 30 heavy (non-hydrogen) atoms. The monoisotopic (exact) mass is 434 g/mol. The molecular formula is C22H30N2O5S. The first kappa shape index (κ1) is 23.5. The van der Waals surface area contributed by atoms with Gasteiger partial charge in [0.05, 0.1) is 25.1 Å². The number of hydrogen-bond donors (Lipinski definition) is 1. The van der Waals surface area contributed by atoms with Crippen LogP contribution in [0.3, 0.4) is 0 Å². The topological polar surface area (TPSA) is 84.9 Å². The lowest BCUT2D eigenvalue weighted by Gasteiger charge is -2.30. The summed E-state index contributed by atoms with van der Waals surface area (Å²) in [5.41, 5.74) is 2.31. The number of carbonyl (C=O) groups excluding carboxylic acids is 1. The molecule has 0 fully saturated rings. The Morgan fingerprint density at radius 3 is 2.23 bits per heavy atom. The van der Waals surface area contributed by atoms with Crippen LogP contribution in [0.5, 0.6) is 11.5 Å². The first-order valence-corrected chi connectivity index (χ1v) is 11.5. The Hall–Kier alpha value is -2.74. The van der Waals surface area contributed by atoms with Gasteiger partial charge in [-0.15, -0.1) is 0 Å². The van der Waals surface area contributed by atoms with Gasteiger partial charge in [0.25, 0.3) is 0 Å². The molecule has 0 aliphatic heterocycles. The fourth-order valence-electron chi connectivity index (χ4n) is 3.01. The van der Waals surface area contributed by atoms with E-state index >= 15 is 0 Å². The molecule has 0 saturated carbocycles. The minimum atomic E-state index is -3.75. The van der Waals surface area contributed by atoms with Crippen molar-refractivity contribution < 1.29 is 22.7 Å². The van der Waals surface area contributed by atoms with E-state index in [9.17, 15) is 13.2 Å². The third-order valence-electron chi connectivity index (χ3n) is 4.57. The minimum Gasteiger partial charge on any atom is -0.495 e. The van der Waals surface area contributed by atoms with Crippen molar-refractivity contribution in [2.75, 3.05) is 24.3 Å². The largest absolute Gasteiger partial charge is 0.495 e. The number of hydrogen-bond acceptors (Lipinski definition) is 5. The van der Waals surface area contributed by atoms with Gasteiger partial charge in [-0.05, 0) is 57.5 Å². The molecule has 2 rings (SSSR count). The van der Waals surface area contributed by atoms with Gasteiger partial charge in [0.1, 0.15) is 24.1 Å². The van der Waals surface area contributed by atoms with Gasteiger partial charge >= 0.3 is 0 Å². The van der Waals surface area contributed by atoms with Gasteiger partial charge in [-0.2, -0.15) is 0 Å². The van der Waals surface area contributed by atoms with Crippen molar-refractivity contribution in [3.63, 3.8) is 0 Å². The van der Waals surface area contributed by atoms with Gasteiger partial charge in [-0.1, -0.05) is 23.8 Å². The van der Waals surface area contributed by atoms with Crippen LogP contribution in [0.15, 0.2) is 42.5 Å². The summed E-state index contributed by atoms with van der Waals surface area (Å²) in [4.78, 5) is 12.8. The second-order valence-corrected chi connectivity index (χ2v) is 9.30. The molecule has 2 aromatic carbocycles. The summed E-state index contributed by atoms with van der Waals surface area (Å²) in [6.45, 7) is 7.44. The summed E-state index contributed by atoms with van der Waals surface area (Å²) in [5, 5.41) is 2.82. The van der Waals surface area contributed by atoms with Crippen LogP contribution in [0.4, 0.5) is 5.69 Å². The van der Waals surface area contributed by atoms with E-state index in [0.717, 1.165) is 21.7 Å². The summed E-state index contributed by atoms with van der Waals surface area (Å²) < 4.78 is 37.2. The Kier molecular flexibility index (Phi) is 7.72. The Morgan fingerprint density at radius 2 is 1.67 bits per heavy atom. The average Bonchev–Trinajstić information content (AvgIpc) is 2.66. The Bertz CT molecular complexity index is 974. The second kappa shape index (κ2) is 9.84. The molecule has 0 aliphatic carbocycles. The molecular weight excluding hydrogens is 404 g/mol. The van der Waals surface area contributed by atoms with Crippen LogP contribution >= 0.6 is 0 Å². The molecule has 0 heterocycles. The first-order valence-electron chi connectivity index (χ1n) is 9.66. The summed E-state index contributed by atoms with van der Waals surface area (Å²) >= 11 is 0. The van der Waals surface area contributed by atoms with E-state index in [1.165, 1.54) is 7.11 Å². The smallest absolute Gasteiger partial charge is 0.243 e. The van der Waals surface area contributed by atoms with E-state index in [0.29, 0.717) is 17.2 Å². The van der Waals surface area contributed by atoms with Crippen LogP contribution in [-0.2, 0) is 14.8 Å². The Balaban J connectivity index is 2.14. The number of ether oxygens (including phenoxy) is 2. The van der Waals surface area contributed by atoms with Crippen molar-refractivity contribution in [2.45, 2.75) is 39.8 Å². The predicted octanol–water partition coefficient (Wildman–Crippen LogP) is 3.05. The van der Waals surface area contributed by atoms with E-state index in [4.69, 9.17) is 9.47 Å². The number of anilines is 1. The molecule has 1 N–H and O–H groups in total. The highest BCUT2D eigenvalue weighted by molar-refractivity contribution is 7.92. The number of rotatable bonds is 9. The molecule has 0 saturated heterocycles. The van der Waals surface area contributed by atoms with Crippen LogP contribution in [-0.4, -0.2) is 46.4 Å². The number of benzene rings is 2. The summed E-state index contributed by atoms with van der Waals surface area (Å²) in [6, 6.07) is 11.5. The van der Waals surface area contributed by atoms with Crippen molar-refractivity contribution in [3.05, 3.63) is 53.6 Å². The van der Waals surface area contributed by atoms with Crippen molar-refractivity contribution in [1.82, 2.24) is 5.32 Å². The number of nitrogens with one attached hydrogen (secondary N) is 1. The molecule has 8 heteroatoms. The van der Waals surface area contributed by atoms with Crippen LogP contribution in [0.1, 0.15) is 25.0 Å². The van der Waals surface area contributed by atoms with Gasteiger partial charge in [-0.3, -0.25) is 9.10 Å². The molecule has 0 aliphatic rings. The minimum absolute atomic E-state index is 0.258. The number of aryl methyl sites for hydroxylation is 2. The van der Waals surface area contributed by atoms with Crippen molar-refractivity contribution >= 4 is 21.6 Å². The fourth-order valence-corrected chi connectivity index (χ4v) is 4.18. The van der Waals surface area contributed by atoms with Gasteiger partial charge in [-0.25, -0.2) is 8.42 Å². The third kappa shape index (κ3) is 6.13. The zero-order valence-electron chi connectivity index (χ0n) is 18.3. The SMILES string of the molecule is COc1ccc(C)cc1N([C@H](C)C(=O)N[C@@H](C)COc1ccc(C)cc1)S(C)(=O)=O. The predicted molar refractivity (Wildman–Crippen MR) is 119 cm³/mol. The van der Waals surface area contributed by atoms with Gasteiger partial charge in [0, 0.05) is 0 Å². The number of carbonyl (C=O) groups is 1. The molecule has 0 bridgehead atoms. The quantitative estimate of drug-likeness (QED) is 0.656. The number of sulfonamides is 1. The first-order chi connectivity index (χ1) is 14.0.